The van der Waals surface area contributed by atoms with Crippen molar-refractivity contribution in [1.82, 2.24) is 0 Å². The molecule has 1 aliphatic rings. The number of aliphatic hydroxyl groups excluding tert-OH is 1. The highest BCUT2D eigenvalue weighted by atomic mass is 16.3. The first-order valence-corrected chi connectivity index (χ1v) is 4.74. The predicted molar refractivity (Wildman–Crippen MR) is 47.7 cm³/mol. The zero-order valence-electron chi connectivity index (χ0n) is 8.08. The summed E-state index contributed by atoms with van der Waals surface area (Å²) in [5.74, 6) is 0.873. The summed E-state index contributed by atoms with van der Waals surface area (Å²) in [5, 5.41) is 9.36. The Hall–Kier alpha value is -0.370. The van der Waals surface area contributed by atoms with Crippen LogP contribution in [0.2, 0.25) is 0 Å². The highest BCUT2D eigenvalue weighted by Gasteiger charge is 2.34. The quantitative estimate of drug-likeness (QED) is 0.649. The maximum absolute atomic E-state index is 11.6. The van der Waals surface area contributed by atoms with Crippen molar-refractivity contribution >= 4 is 5.78 Å². The lowest BCUT2D eigenvalue weighted by molar-refractivity contribution is -0.133. The van der Waals surface area contributed by atoms with E-state index in [9.17, 15) is 9.90 Å². The van der Waals surface area contributed by atoms with Crippen LogP contribution in [0.3, 0.4) is 0 Å². The van der Waals surface area contributed by atoms with Gasteiger partial charge in [0.25, 0.3) is 0 Å². The van der Waals surface area contributed by atoms with Gasteiger partial charge in [-0.2, -0.15) is 0 Å². The average Bonchev–Trinajstić information content (AvgIpc) is 1.96. The van der Waals surface area contributed by atoms with E-state index < -0.39 is 6.10 Å². The minimum atomic E-state index is -0.470. The van der Waals surface area contributed by atoms with Gasteiger partial charge in [-0.3, -0.25) is 4.79 Å². The van der Waals surface area contributed by atoms with Gasteiger partial charge >= 0.3 is 0 Å². The molecule has 4 atom stereocenters. The summed E-state index contributed by atoms with van der Waals surface area (Å²) in [4.78, 5) is 11.6. The number of carbonyl (C=O) groups is 1. The van der Waals surface area contributed by atoms with Gasteiger partial charge < -0.3 is 5.11 Å². The molecule has 0 amide bonds. The lowest BCUT2D eigenvalue weighted by atomic mass is 9.74. The van der Waals surface area contributed by atoms with Gasteiger partial charge in [0.1, 0.15) is 5.78 Å². The third-order valence-corrected chi connectivity index (χ3v) is 2.85. The number of ketones is 1. The van der Waals surface area contributed by atoms with Crippen LogP contribution in [-0.4, -0.2) is 17.0 Å². The highest BCUT2D eigenvalue weighted by molar-refractivity contribution is 5.84. The van der Waals surface area contributed by atoms with E-state index in [2.05, 4.69) is 6.92 Å². The van der Waals surface area contributed by atoms with E-state index in [1.165, 1.54) is 0 Å². The molecule has 0 heterocycles. The number of rotatable bonds is 1. The molecule has 4 unspecified atom stereocenters. The van der Waals surface area contributed by atoms with Crippen molar-refractivity contribution < 1.29 is 9.90 Å². The number of aliphatic hydroxyl groups is 1. The highest BCUT2D eigenvalue weighted by Crippen LogP contribution is 2.31. The van der Waals surface area contributed by atoms with E-state index in [-0.39, 0.29) is 17.6 Å². The standard InChI is InChI=1S/C10H18O2/c1-6-4-7(2)10(12)9(5-6)8(3)11/h6-9,11H,4-5H2,1-3H3. The normalized spacial score (nSPS) is 39.7. The first-order valence-electron chi connectivity index (χ1n) is 4.74. The third kappa shape index (κ3) is 1.86. The van der Waals surface area contributed by atoms with Gasteiger partial charge in [0.15, 0.2) is 0 Å². The minimum absolute atomic E-state index is 0.108. The largest absolute Gasteiger partial charge is 0.393 e. The maximum atomic E-state index is 11.6. The Morgan fingerprint density at radius 2 is 2.00 bits per heavy atom. The zero-order valence-corrected chi connectivity index (χ0v) is 8.08. The van der Waals surface area contributed by atoms with E-state index in [0.717, 1.165) is 12.8 Å². The van der Waals surface area contributed by atoms with Crippen molar-refractivity contribution in [3.63, 3.8) is 0 Å². The summed E-state index contributed by atoms with van der Waals surface area (Å²) in [5.41, 5.74) is 0. The molecule has 0 aliphatic heterocycles. The van der Waals surface area contributed by atoms with Crippen LogP contribution in [0.15, 0.2) is 0 Å². The Morgan fingerprint density at radius 3 is 2.50 bits per heavy atom. The summed E-state index contributed by atoms with van der Waals surface area (Å²) in [6.07, 6.45) is 1.38. The molecule has 1 fully saturated rings. The van der Waals surface area contributed by atoms with Gasteiger partial charge in [0.05, 0.1) is 6.10 Å². The minimum Gasteiger partial charge on any atom is -0.393 e. The lowest BCUT2D eigenvalue weighted by Crippen LogP contribution is -2.36. The van der Waals surface area contributed by atoms with Crippen molar-refractivity contribution in [2.45, 2.75) is 39.7 Å². The monoisotopic (exact) mass is 170 g/mol. The second-order valence-electron chi connectivity index (χ2n) is 4.23. The summed E-state index contributed by atoms with van der Waals surface area (Å²) in [7, 11) is 0. The molecule has 0 aromatic rings. The number of Topliss-reactive ketones (excluding diaryl/α,β-unsaturated/α-hetero) is 1. The van der Waals surface area contributed by atoms with Gasteiger partial charge in [-0.25, -0.2) is 0 Å². The van der Waals surface area contributed by atoms with Gasteiger partial charge in [-0.1, -0.05) is 13.8 Å². The Bertz CT molecular complexity index is 175. The SMILES string of the molecule is CC1CC(C)C(=O)C(C(C)O)C1. The van der Waals surface area contributed by atoms with E-state index in [4.69, 9.17) is 0 Å². The van der Waals surface area contributed by atoms with Gasteiger partial charge in [0.2, 0.25) is 0 Å². The van der Waals surface area contributed by atoms with E-state index in [1.807, 2.05) is 6.92 Å². The average molecular weight is 170 g/mol. The van der Waals surface area contributed by atoms with Crippen LogP contribution >= 0.6 is 0 Å². The van der Waals surface area contributed by atoms with Crippen LogP contribution in [0.25, 0.3) is 0 Å². The second kappa shape index (κ2) is 3.56. The molecule has 2 heteroatoms. The molecule has 0 aromatic heterocycles. The van der Waals surface area contributed by atoms with Crippen molar-refractivity contribution in [2.75, 3.05) is 0 Å². The lowest BCUT2D eigenvalue weighted by Gasteiger charge is -2.31. The Labute approximate surface area is 74.0 Å². The summed E-state index contributed by atoms with van der Waals surface area (Å²) < 4.78 is 0. The molecule has 1 saturated carbocycles. The molecular weight excluding hydrogens is 152 g/mol. The molecular formula is C10H18O2. The molecule has 1 aliphatic carbocycles. The van der Waals surface area contributed by atoms with Crippen molar-refractivity contribution in [3.8, 4) is 0 Å². The van der Waals surface area contributed by atoms with Crippen LogP contribution in [0, 0.1) is 17.8 Å². The zero-order chi connectivity index (χ0) is 9.30. The van der Waals surface area contributed by atoms with Crippen molar-refractivity contribution in [1.29, 1.82) is 0 Å². The summed E-state index contributed by atoms with van der Waals surface area (Å²) in [6, 6.07) is 0. The molecule has 0 radical (unpaired) electrons. The first-order chi connectivity index (χ1) is 5.52. The third-order valence-electron chi connectivity index (χ3n) is 2.85. The second-order valence-corrected chi connectivity index (χ2v) is 4.23. The van der Waals surface area contributed by atoms with E-state index >= 15 is 0 Å². The summed E-state index contributed by atoms with van der Waals surface area (Å²) >= 11 is 0. The van der Waals surface area contributed by atoms with Crippen LogP contribution in [0.1, 0.15) is 33.6 Å². The smallest absolute Gasteiger partial charge is 0.141 e. The summed E-state index contributed by atoms with van der Waals surface area (Å²) in [6.45, 7) is 5.83. The van der Waals surface area contributed by atoms with Crippen LogP contribution in [0.4, 0.5) is 0 Å². The van der Waals surface area contributed by atoms with E-state index in [0.29, 0.717) is 5.92 Å². The molecule has 1 rings (SSSR count). The molecule has 12 heavy (non-hydrogen) atoms. The molecule has 0 aromatic carbocycles. The fourth-order valence-electron chi connectivity index (χ4n) is 2.17. The molecule has 0 saturated heterocycles. The van der Waals surface area contributed by atoms with Crippen molar-refractivity contribution in [2.24, 2.45) is 17.8 Å². The molecule has 0 spiro atoms. The Morgan fingerprint density at radius 1 is 1.42 bits per heavy atom. The van der Waals surface area contributed by atoms with Gasteiger partial charge in [-0.15, -0.1) is 0 Å². The number of hydrogen-bond acceptors (Lipinski definition) is 2. The maximum Gasteiger partial charge on any atom is 0.141 e. The molecule has 1 N–H and O–H groups in total. The van der Waals surface area contributed by atoms with Gasteiger partial charge in [0, 0.05) is 11.8 Å². The number of carbonyl (C=O) groups excluding carboxylic acids is 1. The topological polar surface area (TPSA) is 37.3 Å². The predicted octanol–water partition coefficient (Wildman–Crippen LogP) is 1.62. The first kappa shape index (κ1) is 9.72. The molecule has 0 bridgehead atoms. The fraction of sp³-hybridized carbons (Fsp3) is 0.900. The van der Waals surface area contributed by atoms with Crippen LogP contribution < -0.4 is 0 Å². The van der Waals surface area contributed by atoms with Crippen LogP contribution in [0.5, 0.6) is 0 Å². The molecule has 2 nitrogen and oxygen atoms in total. The Kier molecular flexibility index (Phi) is 2.89. The molecule has 70 valence electrons. The van der Waals surface area contributed by atoms with Crippen molar-refractivity contribution in [3.05, 3.63) is 0 Å². The van der Waals surface area contributed by atoms with E-state index in [1.54, 1.807) is 6.92 Å². The Balaban J connectivity index is 2.66. The fourth-order valence-corrected chi connectivity index (χ4v) is 2.17. The van der Waals surface area contributed by atoms with Crippen LogP contribution in [-0.2, 0) is 4.79 Å². The number of hydrogen-bond donors (Lipinski definition) is 1. The van der Waals surface area contributed by atoms with Gasteiger partial charge in [-0.05, 0) is 25.7 Å².